The molecule has 15 heavy (non-hydrogen) atoms. The average Bonchev–Trinajstić information content (AvgIpc) is 2.09. The van der Waals surface area contributed by atoms with E-state index < -0.39 is 6.09 Å². The third-order valence-electron chi connectivity index (χ3n) is 1.50. The summed E-state index contributed by atoms with van der Waals surface area (Å²) in [5, 5.41) is 5.72. The number of carbonyl (C=O) groups is 2. The third-order valence-corrected chi connectivity index (χ3v) is 1.50. The van der Waals surface area contributed by atoms with Gasteiger partial charge in [0.2, 0.25) is 5.91 Å². The van der Waals surface area contributed by atoms with Crippen molar-refractivity contribution >= 4 is 12.0 Å². The molecule has 0 aliphatic heterocycles. The van der Waals surface area contributed by atoms with Crippen molar-refractivity contribution in [2.45, 2.75) is 26.3 Å². The first-order valence-electron chi connectivity index (χ1n) is 4.94. The molecule has 2 amide bonds. The summed E-state index contributed by atoms with van der Waals surface area (Å²) in [5.41, 5.74) is 4.76. The molecule has 0 spiro atoms. The van der Waals surface area contributed by atoms with Crippen LogP contribution < -0.4 is 16.4 Å². The van der Waals surface area contributed by atoms with E-state index in [0.717, 1.165) is 0 Å². The van der Waals surface area contributed by atoms with E-state index >= 15 is 0 Å². The minimum atomic E-state index is -0.783. The van der Waals surface area contributed by atoms with E-state index in [9.17, 15) is 9.59 Å². The van der Waals surface area contributed by atoms with E-state index in [1.54, 1.807) is 0 Å². The maximum atomic E-state index is 11.1. The van der Waals surface area contributed by atoms with Gasteiger partial charge in [-0.2, -0.15) is 0 Å². The number of carbonyl (C=O) groups excluding carboxylic acids is 2. The van der Waals surface area contributed by atoms with Crippen LogP contribution in [0.2, 0.25) is 0 Å². The molecule has 0 aromatic rings. The average molecular weight is 217 g/mol. The number of amides is 2. The second-order valence-electron chi connectivity index (χ2n) is 3.39. The molecule has 6 nitrogen and oxygen atoms in total. The molecule has 0 aliphatic carbocycles. The van der Waals surface area contributed by atoms with Gasteiger partial charge in [0.15, 0.2) is 0 Å². The van der Waals surface area contributed by atoms with Gasteiger partial charge in [0.1, 0.15) is 6.61 Å². The zero-order chi connectivity index (χ0) is 11.7. The summed E-state index contributed by atoms with van der Waals surface area (Å²) in [4.78, 5) is 21.3. The molecule has 88 valence electrons. The Hall–Kier alpha value is -1.30. The van der Waals surface area contributed by atoms with Crippen molar-refractivity contribution in [3.8, 4) is 0 Å². The number of hydrogen-bond acceptors (Lipinski definition) is 4. The molecule has 0 radical (unpaired) electrons. The predicted molar refractivity (Wildman–Crippen MR) is 56.3 cm³/mol. The van der Waals surface area contributed by atoms with E-state index in [-0.39, 0.29) is 18.6 Å². The van der Waals surface area contributed by atoms with Gasteiger partial charge >= 0.3 is 6.09 Å². The molecule has 0 aromatic carbocycles. The zero-order valence-electron chi connectivity index (χ0n) is 9.21. The summed E-state index contributed by atoms with van der Waals surface area (Å²) in [7, 11) is 0. The Balaban J connectivity index is 3.24. The van der Waals surface area contributed by atoms with Crippen LogP contribution in [0.3, 0.4) is 0 Å². The SMILES string of the molecule is CC(C)NC(=O)CCNCCOC(N)=O. The molecule has 0 saturated heterocycles. The Bertz CT molecular complexity index is 207. The Labute approximate surface area is 89.5 Å². The first-order chi connectivity index (χ1) is 7.02. The van der Waals surface area contributed by atoms with Crippen LogP contribution in [0, 0.1) is 0 Å². The molecule has 0 bridgehead atoms. The van der Waals surface area contributed by atoms with Crippen LogP contribution in [-0.4, -0.2) is 37.7 Å². The van der Waals surface area contributed by atoms with E-state index in [1.165, 1.54) is 0 Å². The van der Waals surface area contributed by atoms with Gasteiger partial charge in [0, 0.05) is 25.6 Å². The van der Waals surface area contributed by atoms with Crippen molar-refractivity contribution in [1.29, 1.82) is 0 Å². The second kappa shape index (κ2) is 8.05. The largest absolute Gasteiger partial charge is 0.448 e. The normalized spacial score (nSPS) is 10.1. The van der Waals surface area contributed by atoms with E-state index in [0.29, 0.717) is 19.5 Å². The van der Waals surface area contributed by atoms with Gasteiger partial charge < -0.3 is 21.1 Å². The van der Waals surface area contributed by atoms with Gasteiger partial charge in [-0.05, 0) is 13.8 Å². The summed E-state index contributed by atoms with van der Waals surface area (Å²) in [6, 6.07) is 0.163. The van der Waals surface area contributed by atoms with Crippen molar-refractivity contribution in [1.82, 2.24) is 10.6 Å². The number of hydrogen-bond donors (Lipinski definition) is 3. The smallest absolute Gasteiger partial charge is 0.404 e. The molecule has 0 rings (SSSR count). The van der Waals surface area contributed by atoms with E-state index in [4.69, 9.17) is 5.73 Å². The molecule has 0 saturated carbocycles. The lowest BCUT2D eigenvalue weighted by Crippen LogP contribution is -2.33. The quantitative estimate of drug-likeness (QED) is 0.505. The summed E-state index contributed by atoms with van der Waals surface area (Å²) in [6.45, 7) is 5.10. The molecule has 0 aliphatic rings. The first kappa shape index (κ1) is 13.7. The van der Waals surface area contributed by atoms with Crippen molar-refractivity contribution in [3.05, 3.63) is 0 Å². The van der Waals surface area contributed by atoms with Crippen LogP contribution in [0.15, 0.2) is 0 Å². The minimum Gasteiger partial charge on any atom is -0.448 e. The summed E-state index contributed by atoms with van der Waals surface area (Å²) >= 11 is 0. The highest BCUT2D eigenvalue weighted by Gasteiger charge is 2.01. The van der Waals surface area contributed by atoms with Crippen LogP contribution in [0.4, 0.5) is 4.79 Å². The molecule has 6 heteroatoms. The lowest BCUT2D eigenvalue weighted by Gasteiger charge is -2.08. The van der Waals surface area contributed by atoms with Crippen molar-refractivity contribution in [2.24, 2.45) is 5.73 Å². The molecule has 0 unspecified atom stereocenters. The fraction of sp³-hybridized carbons (Fsp3) is 0.778. The zero-order valence-corrected chi connectivity index (χ0v) is 9.21. The van der Waals surface area contributed by atoms with Crippen LogP contribution in [0.1, 0.15) is 20.3 Å². The van der Waals surface area contributed by atoms with Crippen molar-refractivity contribution < 1.29 is 14.3 Å². The van der Waals surface area contributed by atoms with Gasteiger partial charge in [-0.25, -0.2) is 4.79 Å². The van der Waals surface area contributed by atoms with E-state index in [2.05, 4.69) is 15.4 Å². The van der Waals surface area contributed by atoms with Crippen LogP contribution in [0.5, 0.6) is 0 Å². The summed E-state index contributed by atoms with van der Waals surface area (Å²) in [6.07, 6.45) is -0.372. The Morgan fingerprint density at radius 3 is 2.53 bits per heavy atom. The molecular formula is C9H19N3O3. The van der Waals surface area contributed by atoms with Crippen molar-refractivity contribution in [3.63, 3.8) is 0 Å². The Morgan fingerprint density at radius 1 is 1.33 bits per heavy atom. The fourth-order valence-corrected chi connectivity index (χ4v) is 0.945. The highest BCUT2D eigenvalue weighted by Crippen LogP contribution is 1.82. The molecule has 0 heterocycles. The topological polar surface area (TPSA) is 93.4 Å². The lowest BCUT2D eigenvalue weighted by atomic mass is 10.3. The number of rotatable bonds is 7. The second-order valence-corrected chi connectivity index (χ2v) is 3.39. The van der Waals surface area contributed by atoms with Gasteiger partial charge in [-0.15, -0.1) is 0 Å². The highest BCUT2D eigenvalue weighted by atomic mass is 16.5. The molecule has 4 N–H and O–H groups in total. The molecule has 0 aromatic heterocycles. The standard InChI is InChI=1S/C9H19N3O3/c1-7(2)12-8(13)3-4-11-5-6-15-9(10)14/h7,11H,3-6H2,1-2H3,(H2,10,14)(H,12,13). The van der Waals surface area contributed by atoms with Crippen LogP contribution in [0.25, 0.3) is 0 Å². The van der Waals surface area contributed by atoms with Gasteiger partial charge in [-0.3, -0.25) is 4.79 Å². The van der Waals surface area contributed by atoms with Gasteiger partial charge in [0.05, 0.1) is 0 Å². The summed E-state index contributed by atoms with van der Waals surface area (Å²) in [5.74, 6) is 0.00770. The number of primary amides is 1. The van der Waals surface area contributed by atoms with Crippen LogP contribution in [-0.2, 0) is 9.53 Å². The monoisotopic (exact) mass is 217 g/mol. The number of nitrogens with one attached hydrogen (secondary N) is 2. The lowest BCUT2D eigenvalue weighted by molar-refractivity contribution is -0.121. The van der Waals surface area contributed by atoms with Crippen LogP contribution >= 0.6 is 0 Å². The number of ether oxygens (including phenoxy) is 1. The highest BCUT2D eigenvalue weighted by molar-refractivity contribution is 5.76. The summed E-state index contributed by atoms with van der Waals surface area (Å²) < 4.78 is 4.49. The maximum absolute atomic E-state index is 11.1. The third kappa shape index (κ3) is 10.6. The number of nitrogens with two attached hydrogens (primary N) is 1. The Morgan fingerprint density at radius 2 is 2.00 bits per heavy atom. The Kier molecular flexibility index (Phi) is 7.35. The predicted octanol–water partition coefficient (Wildman–Crippen LogP) is -0.414. The van der Waals surface area contributed by atoms with Gasteiger partial charge in [0.25, 0.3) is 0 Å². The van der Waals surface area contributed by atoms with E-state index in [1.807, 2.05) is 13.8 Å². The molecule has 0 atom stereocenters. The van der Waals surface area contributed by atoms with Gasteiger partial charge in [-0.1, -0.05) is 0 Å². The van der Waals surface area contributed by atoms with Crippen molar-refractivity contribution in [2.75, 3.05) is 19.7 Å². The molecule has 0 fully saturated rings. The minimum absolute atomic E-state index is 0.00770. The first-order valence-corrected chi connectivity index (χ1v) is 4.94. The fourth-order valence-electron chi connectivity index (χ4n) is 0.945. The maximum Gasteiger partial charge on any atom is 0.404 e. The molecular weight excluding hydrogens is 198 g/mol.